The van der Waals surface area contributed by atoms with E-state index in [0.717, 1.165) is 19.6 Å². The first kappa shape index (κ1) is 9.68. The Balaban J connectivity index is 1.95. The molecule has 1 saturated heterocycles. The van der Waals surface area contributed by atoms with Crippen molar-refractivity contribution in [1.29, 1.82) is 0 Å². The fourth-order valence-electron chi connectivity index (χ4n) is 1.91. The van der Waals surface area contributed by atoms with Crippen molar-refractivity contribution in [1.82, 2.24) is 20.4 Å². The highest BCUT2D eigenvalue weighted by molar-refractivity contribution is 4.98. The quantitative estimate of drug-likeness (QED) is 0.724. The van der Waals surface area contributed by atoms with Gasteiger partial charge in [0.1, 0.15) is 0 Å². The summed E-state index contributed by atoms with van der Waals surface area (Å²) in [6.45, 7) is 7.66. The van der Waals surface area contributed by atoms with Crippen LogP contribution in [0, 0.1) is 0 Å². The molecule has 1 aliphatic heterocycles. The van der Waals surface area contributed by atoms with E-state index in [0.29, 0.717) is 12.1 Å². The Morgan fingerprint density at radius 3 is 3.14 bits per heavy atom. The Kier molecular flexibility index (Phi) is 2.84. The van der Waals surface area contributed by atoms with Crippen LogP contribution in [0.2, 0.25) is 0 Å². The van der Waals surface area contributed by atoms with Crippen LogP contribution in [0.3, 0.4) is 0 Å². The minimum absolute atomic E-state index is 0.592. The van der Waals surface area contributed by atoms with Crippen molar-refractivity contribution in [3.63, 3.8) is 0 Å². The predicted molar refractivity (Wildman–Crippen MR) is 55.9 cm³/mol. The summed E-state index contributed by atoms with van der Waals surface area (Å²) in [7, 11) is 0. The van der Waals surface area contributed by atoms with Crippen LogP contribution in [0.1, 0.15) is 19.5 Å². The van der Waals surface area contributed by atoms with Crippen LogP contribution in [0.15, 0.2) is 12.3 Å². The van der Waals surface area contributed by atoms with E-state index in [-0.39, 0.29) is 0 Å². The number of H-pyrrole nitrogens is 1. The van der Waals surface area contributed by atoms with Crippen molar-refractivity contribution < 1.29 is 0 Å². The average molecular weight is 194 g/mol. The standard InChI is InChI=1S/C10H18N4/c1-8-6-14(9(2)5-11-8)7-10-3-4-12-13-10/h3-4,8-9,11H,5-7H2,1-2H3,(H,12,13)/t8-,9+/m1/s1. The van der Waals surface area contributed by atoms with E-state index in [9.17, 15) is 0 Å². The summed E-state index contributed by atoms with van der Waals surface area (Å²) in [5.74, 6) is 0. The van der Waals surface area contributed by atoms with Gasteiger partial charge < -0.3 is 5.32 Å². The summed E-state index contributed by atoms with van der Waals surface area (Å²) < 4.78 is 0. The molecular formula is C10H18N4. The molecule has 4 nitrogen and oxygen atoms in total. The van der Waals surface area contributed by atoms with Crippen molar-refractivity contribution in [2.45, 2.75) is 32.5 Å². The van der Waals surface area contributed by atoms with Gasteiger partial charge in [0.15, 0.2) is 0 Å². The molecular weight excluding hydrogens is 176 g/mol. The first-order valence-electron chi connectivity index (χ1n) is 5.21. The van der Waals surface area contributed by atoms with Gasteiger partial charge in [-0.3, -0.25) is 10.00 Å². The highest BCUT2D eigenvalue weighted by Crippen LogP contribution is 2.10. The maximum absolute atomic E-state index is 3.96. The molecule has 14 heavy (non-hydrogen) atoms. The molecule has 0 aromatic carbocycles. The molecule has 0 spiro atoms. The molecule has 2 heterocycles. The van der Waals surface area contributed by atoms with Crippen molar-refractivity contribution in [2.75, 3.05) is 13.1 Å². The van der Waals surface area contributed by atoms with Gasteiger partial charge in [-0.15, -0.1) is 0 Å². The molecule has 0 aliphatic carbocycles. The summed E-state index contributed by atoms with van der Waals surface area (Å²) in [6.07, 6.45) is 1.81. The van der Waals surface area contributed by atoms with Crippen molar-refractivity contribution in [2.24, 2.45) is 0 Å². The SMILES string of the molecule is C[C@@H]1CN(Cc2ccn[nH]2)[C@@H](C)CN1. The summed E-state index contributed by atoms with van der Waals surface area (Å²) >= 11 is 0. The molecule has 1 aromatic rings. The number of rotatable bonds is 2. The lowest BCUT2D eigenvalue weighted by molar-refractivity contribution is 0.137. The molecule has 2 atom stereocenters. The lowest BCUT2D eigenvalue weighted by Gasteiger charge is -2.37. The number of nitrogens with one attached hydrogen (secondary N) is 2. The highest BCUT2D eigenvalue weighted by atomic mass is 15.2. The lowest BCUT2D eigenvalue weighted by atomic mass is 10.1. The number of aromatic amines is 1. The number of aromatic nitrogens is 2. The van der Waals surface area contributed by atoms with Crippen molar-refractivity contribution in [3.05, 3.63) is 18.0 Å². The van der Waals surface area contributed by atoms with Gasteiger partial charge in [0, 0.05) is 43.6 Å². The van der Waals surface area contributed by atoms with E-state index < -0.39 is 0 Å². The van der Waals surface area contributed by atoms with Gasteiger partial charge in [0.05, 0.1) is 0 Å². The zero-order valence-corrected chi connectivity index (χ0v) is 8.83. The smallest absolute Gasteiger partial charge is 0.0492 e. The first-order chi connectivity index (χ1) is 6.75. The van der Waals surface area contributed by atoms with Crippen LogP contribution in [0.4, 0.5) is 0 Å². The van der Waals surface area contributed by atoms with Crippen LogP contribution in [0.25, 0.3) is 0 Å². The fraction of sp³-hybridized carbons (Fsp3) is 0.700. The average Bonchev–Trinajstić information content (AvgIpc) is 2.64. The zero-order valence-electron chi connectivity index (χ0n) is 8.83. The highest BCUT2D eigenvalue weighted by Gasteiger charge is 2.22. The predicted octanol–water partition coefficient (Wildman–Crippen LogP) is 0.592. The van der Waals surface area contributed by atoms with Crippen LogP contribution in [-0.4, -0.2) is 40.3 Å². The summed E-state index contributed by atoms with van der Waals surface area (Å²) in [6, 6.07) is 3.24. The van der Waals surface area contributed by atoms with Crippen molar-refractivity contribution in [3.8, 4) is 0 Å². The summed E-state index contributed by atoms with van der Waals surface area (Å²) in [4.78, 5) is 2.48. The molecule has 1 aliphatic rings. The van der Waals surface area contributed by atoms with E-state index in [2.05, 4.69) is 34.3 Å². The Morgan fingerprint density at radius 2 is 2.43 bits per heavy atom. The monoisotopic (exact) mass is 194 g/mol. The molecule has 78 valence electrons. The maximum atomic E-state index is 3.96. The maximum Gasteiger partial charge on any atom is 0.0492 e. The second kappa shape index (κ2) is 4.11. The summed E-state index contributed by atoms with van der Waals surface area (Å²) in [5, 5.41) is 10.4. The first-order valence-corrected chi connectivity index (χ1v) is 5.21. The lowest BCUT2D eigenvalue weighted by Crippen LogP contribution is -2.53. The Labute approximate surface area is 84.7 Å². The zero-order chi connectivity index (χ0) is 9.97. The molecule has 0 unspecified atom stereocenters. The molecule has 0 saturated carbocycles. The Bertz CT molecular complexity index is 270. The molecule has 2 rings (SSSR count). The fourth-order valence-corrected chi connectivity index (χ4v) is 1.91. The van der Waals surface area contributed by atoms with Gasteiger partial charge >= 0.3 is 0 Å². The largest absolute Gasteiger partial charge is 0.311 e. The third-order valence-corrected chi connectivity index (χ3v) is 2.83. The molecule has 0 bridgehead atoms. The molecule has 2 N–H and O–H groups in total. The van der Waals surface area contributed by atoms with Crippen LogP contribution >= 0.6 is 0 Å². The van der Waals surface area contributed by atoms with Crippen LogP contribution in [0.5, 0.6) is 0 Å². The second-order valence-corrected chi connectivity index (χ2v) is 4.17. The van der Waals surface area contributed by atoms with E-state index in [4.69, 9.17) is 0 Å². The second-order valence-electron chi connectivity index (χ2n) is 4.17. The minimum Gasteiger partial charge on any atom is -0.311 e. The molecule has 1 fully saturated rings. The van der Waals surface area contributed by atoms with Gasteiger partial charge in [-0.05, 0) is 19.9 Å². The molecule has 4 heteroatoms. The van der Waals surface area contributed by atoms with E-state index in [1.165, 1.54) is 5.69 Å². The van der Waals surface area contributed by atoms with Crippen LogP contribution < -0.4 is 5.32 Å². The molecule has 1 aromatic heterocycles. The van der Waals surface area contributed by atoms with E-state index >= 15 is 0 Å². The minimum atomic E-state index is 0.592. The van der Waals surface area contributed by atoms with Gasteiger partial charge in [-0.2, -0.15) is 5.10 Å². The number of hydrogen-bond donors (Lipinski definition) is 2. The topological polar surface area (TPSA) is 44.0 Å². The van der Waals surface area contributed by atoms with Gasteiger partial charge in [0.2, 0.25) is 0 Å². The molecule has 0 radical (unpaired) electrons. The third kappa shape index (κ3) is 2.13. The summed E-state index contributed by atoms with van der Waals surface area (Å²) in [5.41, 5.74) is 1.20. The Morgan fingerprint density at radius 1 is 1.57 bits per heavy atom. The molecule has 0 amide bonds. The van der Waals surface area contributed by atoms with Gasteiger partial charge in [-0.25, -0.2) is 0 Å². The number of piperazine rings is 1. The number of nitrogens with zero attached hydrogens (tertiary/aromatic N) is 2. The van der Waals surface area contributed by atoms with Crippen molar-refractivity contribution >= 4 is 0 Å². The third-order valence-electron chi connectivity index (χ3n) is 2.83. The van der Waals surface area contributed by atoms with Gasteiger partial charge in [-0.1, -0.05) is 0 Å². The van der Waals surface area contributed by atoms with E-state index in [1.807, 2.05) is 12.3 Å². The number of hydrogen-bond acceptors (Lipinski definition) is 3. The Hall–Kier alpha value is -0.870. The van der Waals surface area contributed by atoms with E-state index in [1.54, 1.807) is 0 Å². The van der Waals surface area contributed by atoms with Gasteiger partial charge in [0.25, 0.3) is 0 Å². The van der Waals surface area contributed by atoms with Crippen LogP contribution in [-0.2, 0) is 6.54 Å². The normalized spacial score (nSPS) is 29.3.